The molecule has 1 fully saturated rings. The molecule has 9 heteroatoms. The summed E-state index contributed by atoms with van der Waals surface area (Å²) in [5.74, 6) is 0.632. The SMILES string of the molecule is Cc1ccccc1CNC(=S)N1CCN(c2nc(N)nc3ccc(-c4ccc(F)cc4)nc23)CC1. The van der Waals surface area contributed by atoms with Crippen LogP contribution in [0.5, 0.6) is 0 Å². The molecule has 0 spiro atoms. The largest absolute Gasteiger partial charge is 0.368 e. The Morgan fingerprint density at radius 3 is 2.46 bits per heavy atom. The Balaban J connectivity index is 1.31. The molecule has 0 bridgehead atoms. The number of piperazine rings is 1. The summed E-state index contributed by atoms with van der Waals surface area (Å²) < 4.78 is 13.4. The van der Waals surface area contributed by atoms with Gasteiger partial charge in [0.25, 0.3) is 0 Å². The predicted molar refractivity (Wildman–Crippen MR) is 142 cm³/mol. The minimum Gasteiger partial charge on any atom is -0.368 e. The predicted octanol–water partition coefficient (Wildman–Crippen LogP) is 3.92. The average Bonchev–Trinajstić information content (AvgIpc) is 2.88. The Morgan fingerprint density at radius 1 is 0.971 bits per heavy atom. The summed E-state index contributed by atoms with van der Waals surface area (Å²) in [6.07, 6.45) is 0. The highest BCUT2D eigenvalue weighted by molar-refractivity contribution is 7.80. The Bertz CT molecular complexity index is 1370. The molecule has 3 heterocycles. The van der Waals surface area contributed by atoms with Crippen LogP contribution < -0.4 is 16.0 Å². The molecule has 1 aliphatic rings. The highest BCUT2D eigenvalue weighted by Crippen LogP contribution is 2.27. The fourth-order valence-electron chi connectivity index (χ4n) is 4.23. The van der Waals surface area contributed by atoms with Crippen molar-refractivity contribution in [2.75, 3.05) is 36.8 Å². The van der Waals surface area contributed by atoms with Gasteiger partial charge in [-0.1, -0.05) is 24.3 Å². The number of thiocarbonyl (C=S) groups is 1. The number of halogens is 1. The van der Waals surface area contributed by atoms with E-state index in [1.54, 1.807) is 12.1 Å². The lowest BCUT2D eigenvalue weighted by molar-refractivity contribution is 0.379. The van der Waals surface area contributed by atoms with Crippen LogP contribution >= 0.6 is 12.2 Å². The zero-order chi connectivity index (χ0) is 24.4. The van der Waals surface area contributed by atoms with Crippen LogP contribution in [0.3, 0.4) is 0 Å². The standard InChI is InChI=1S/C26H26FN7S/c1-17-4-2-3-5-19(17)16-29-26(35)34-14-12-33(13-15-34)24-23-22(31-25(28)32-24)11-10-21(30-23)18-6-8-20(27)9-7-18/h2-11H,12-16H2,1H3,(H,29,35)(H2,28,31,32). The number of hydrogen-bond acceptors (Lipinski definition) is 6. The van der Waals surface area contributed by atoms with E-state index in [0.29, 0.717) is 23.4 Å². The number of nitrogen functional groups attached to an aromatic ring is 1. The summed E-state index contributed by atoms with van der Waals surface area (Å²) in [6.45, 7) is 5.76. The first-order valence-corrected chi connectivity index (χ1v) is 11.9. The Kier molecular flexibility index (Phi) is 6.41. The quantitative estimate of drug-likeness (QED) is 0.419. The lowest BCUT2D eigenvalue weighted by Crippen LogP contribution is -2.51. The van der Waals surface area contributed by atoms with Gasteiger partial charge in [-0.3, -0.25) is 0 Å². The molecule has 0 aliphatic carbocycles. The first kappa shape index (κ1) is 22.9. The van der Waals surface area contributed by atoms with E-state index >= 15 is 0 Å². The zero-order valence-electron chi connectivity index (χ0n) is 19.4. The molecule has 0 atom stereocenters. The summed E-state index contributed by atoms with van der Waals surface area (Å²) in [6, 6.07) is 18.3. The van der Waals surface area contributed by atoms with E-state index in [-0.39, 0.29) is 11.8 Å². The topological polar surface area (TPSA) is 83.2 Å². The first-order valence-electron chi connectivity index (χ1n) is 11.5. The van der Waals surface area contributed by atoms with Gasteiger partial charge in [0.1, 0.15) is 11.3 Å². The van der Waals surface area contributed by atoms with Gasteiger partial charge in [0.2, 0.25) is 5.95 Å². The van der Waals surface area contributed by atoms with E-state index < -0.39 is 0 Å². The lowest BCUT2D eigenvalue weighted by Gasteiger charge is -2.37. The molecule has 0 unspecified atom stereocenters. The van der Waals surface area contributed by atoms with E-state index in [1.807, 2.05) is 24.3 Å². The molecule has 2 aromatic heterocycles. The van der Waals surface area contributed by atoms with E-state index in [4.69, 9.17) is 22.9 Å². The third-order valence-corrected chi connectivity index (χ3v) is 6.64. The second-order valence-electron chi connectivity index (χ2n) is 8.54. The molecule has 1 saturated heterocycles. The van der Waals surface area contributed by atoms with E-state index in [2.05, 4.69) is 44.1 Å². The van der Waals surface area contributed by atoms with Gasteiger partial charge in [-0.2, -0.15) is 4.98 Å². The molecular formula is C26H26FN7S. The van der Waals surface area contributed by atoms with Gasteiger partial charge in [0.05, 0.1) is 11.2 Å². The Labute approximate surface area is 208 Å². The number of nitrogens with two attached hydrogens (primary N) is 1. The second-order valence-corrected chi connectivity index (χ2v) is 8.92. The molecule has 2 aromatic carbocycles. The van der Waals surface area contributed by atoms with Crippen LogP contribution in [-0.4, -0.2) is 51.1 Å². The number of benzene rings is 2. The number of anilines is 2. The third kappa shape index (κ3) is 5.00. The normalized spacial score (nSPS) is 13.8. The Hall–Kier alpha value is -3.85. The molecule has 4 aromatic rings. The van der Waals surface area contributed by atoms with Gasteiger partial charge in [0.15, 0.2) is 10.9 Å². The van der Waals surface area contributed by atoms with Crippen molar-refractivity contribution in [3.63, 3.8) is 0 Å². The minimum atomic E-state index is -0.282. The van der Waals surface area contributed by atoms with Gasteiger partial charge < -0.3 is 20.9 Å². The molecular weight excluding hydrogens is 461 g/mol. The maximum atomic E-state index is 13.4. The molecule has 35 heavy (non-hydrogen) atoms. The summed E-state index contributed by atoms with van der Waals surface area (Å²) in [7, 11) is 0. The summed E-state index contributed by atoms with van der Waals surface area (Å²) in [5, 5.41) is 4.13. The average molecular weight is 488 g/mol. The molecule has 0 saturated carbocycles. The molecule has 5 rings (SSSR count). The number of pyridine rings is 1. The van der Waals surface area contributed by atoms with Gasteiger partial charge in [-0.05, 0) is 66.7 Å². The molecule has 1 aliphatic heterocycles. The van der Waals surface area contributed by atoms with Crippen LogP contribution in [0.4, 0.5) is 16.2 Å². The van der Waals surface area contributed by atoms with Gasteiger partial charge in [0, 0.05) is 38.3 Å². The van der Waals surface area contributed by atoms with Crippen molar-refractivity contribution in [2.24, 2.45) is 0 Å². The van der Waals surface area contributed by atoms with Crippen molar-refractivity contribution < 1.29 is 4.39 Å². The smallest absolute Gasteiger partial charge is 0.222 e. The van der Waals surface area contributed by atoms with Crippen molar-refractivity contribution in [3.05, 3.63) is 77.6 Å². The van der Waals surface area contributed by atoms with E-state index in [9.17, 15) is 4.39 Å². The van der Waals surface area contributed by atoms with Crippen molar-refractivity contribution in [2.45, 2.75) is 13.5 Å². The number of rotatable bonds is 4. The Morgan fingerprint density at radius 2 is 1.71 bits per heavy atom. The molecule has 7 nitrogen and oxygen atoms in total. The zero-order valence-corrected chi connectivity index (χ0v) is 20.2. The monoisotopic (exact) mass is 487 g/mol. The number of fused-ring (bicyclic) bond motifs is 1. The minimum absolute atomic E-state index is 0.210. The highest BCUT2D eigenvalue weighted by Gasteiger charge is 2.23. The number of nitrogens with zero attached hydrogens (tertiary/aromatic N) is 5. The lowest BCUT2D eigenvalue weighted by atomic mass is 10.1. The second kappa shape index (κ2) is 9.79. The van der Waals surface area contributed by atoms with Crippen molar-refractivity contribution in [1.29, 1.82) is 0 Å². The van der Waals surface area contributed by atoms with Gasteiger partial charge >= 0.3 is 0 Å². The van der Waals surface area contributed by atoms with Crippen LogP contribution in [0, 0.1) is 12.7 Å². The van der Waals surface area contributed by atoms with Crippen LogP contribution in [0.15, 0.2) is 60.7 Å². The fourth-order valence-corrected chi connectivity index (χ4v) is 4.49. The van der Waals surface area contributed by atoms with Crippen molar-refractivity contribution >= 4 is 40.1 Å². The summed E-state index contributed by atoms with van der Waals surface area (Å²) in [4.78, 5) is 18.1. The van der Waals surface area contributed by atoms with E-state index in [1.165, 1.54) is 23.3 Å². The van der Waals surface area contributed by atoms with Crippen molar-refractivity contribution in [1.82, 2.24) is 25.2 Å². The van der Waals surface area contributed by atoms with Crippen LogP contribution in [0.25, 0.3) is 22.3 Å². The van der Waals surface area contributed by atoms with Gasteiger partial charge in [-0.25, -0.2) is 14.4 Å². The number of aryl methyl sites for hydroxylation is 1. The van der Waals surface area contributed by atoms with Crippen LogP contribution in [0.1, 0.15) is 11.1 Å². The first-order chi connectivity index (χ1) is 17.0. The maximum absolute atomic E-state index is 13.4. The number of nitrogens with one attached hydrogen (secondary N) is 1. The molecule has 0 amide bonds. The van der Waals surface area contributed by atoms with E-state index in [0.717, 1.165) is 42.5 Å². The third-order valence-electron chi connectivity index (χ3n) is 6.24. The fraction of sp³-hybridized carbons (Fsp3) is 0.231. The number of hydrogen-bond donors (Lipinski definition) is 2. The van der Waals surface area contributed by atoms with Crippen molar-refractivity contribution in [3.8, 4) is 11.3 Å². The maximum Gasteiger partial charge on any atom is 0.222 e. The molecule has 178 valence electrons. The van der Waals surface area contributed by atoms with Crippen LogP contribution in [-0.2, 0) is 6.54 Å². The molecule has 0 radical (unpaired) electrons. The highest BCUT2D eigenvalue weighted by atomic mass is 32.1. The summed E-state index contributed by atoms with van der Waals surface area (Å²) in [5.41, 5.74) is 11.4. The van der Waals surface area contributed by atoms with Gasteiger partial charge in [-0.15, -0.1) is 0 Å². The molecule has 3 N–H and O–H groups in total. The number of aromatic nitrogens is 3. The summed E-state index contributed by atoms with van der Waals surface area (Å²) >= 11 is 5.66. The van der Waals surface area contributed by atoms with Crippen LogP contribution in [0.2, 0.25) is 0 Å².